The molecular formula is C18H16F3N3O5S. The second kappa shape index (κ2) is 7.95. The maximum atomic E-state index is 12.6. The predicted molar refractivity (Wildman–Crippen MR) is 98.2 cm³/mol. The summed E-state index contributed by atoms with van der Waals surface area (Å²) in [5.74, 6) is -0.250. The number of hydrogen-bond acceptors (Lipinski definition) is 5. The largest absolute Gasteiger partial charge is 0.457 e. The molecule has 0 spiro atoms. The summed E-state index contributed by atoms with van der Waals surface area (Å²) >= 11 is 0. The monoisotopic (exact) mass is 443 g/mol. The molecular weight excluding hydrogens is 427 g/mol. The quantitative estimate of drug-likeness (QED) is 0.667. The maximum absolute atomic E-state index is 12.6. The standard InChI is InChI=1S/C18H16F3N3O5S/c1-24(10-15-16(25)23-17(26)22-15)30(27,28)14-8-6-13(7-9-14)29-12-4-2-11(3-5-12)18(19,20)21/h2-9,15H,10H2,1H3,(H2,22,23,25,26)/t15-/m0/s1. The van der Waals surface area contributed by atoms with E-state index in [1.54, 1.807) is 0 Å². The van der Waals surface area contributed by atoms with E-state index in [0.717, 1.165) is 28.6 Å². The van der Waals surface area contributed by atoms with Gasteiger partial charge in [0.2, 0.25) is 10.0 Å². The van der Waals surface area contributed by atoms with E-state index >= 15 is 0 Å². The molecule has 1 fully saturated rings. The Balaban J connectivity index is 1.68. The molecule has 3 amide bonds. The number of nitrogens with one attached hydrogen (secondary N) is 2. The first kappa shape index (κ1) is 21.6. The fourth-order valence-corrected chi connectivity index (χ4v) is 3.84. The summed E-state index contributed by atoms with van der Waals surface area (Å²) in [7, 11) is -2.69. The van der Waals surface area contributed by atoms with Gasteiger partial charge in [-0.3, -0.25) is 10.1 Å². The second-order valence-corrected chi connectivity index (χ2v) is 8.44. The molecule has 1 saturated heterocycles. The fourth-order valence-electron chi connectivity index (χ4n) is 2.65. The Labute approximate surface area is 169 Å². The van der Waals surface area contributed by atoms with Crippen molar-refractivity contribution in [2.24, 2.45) is 0 Å². The van der Waals surface area contributed by atoms with Crippen LogP contribution in [0, 0.1) is 0 Å². The van der Waals surface area contributed by atoms with Crippen LogP contribution >= 0.6 is 0 Å². The van der Waals surface area contributed by atoms with E-state index in [2.05, 4.69) is 5.32 Å². The van der Waals surface area contributed by atoms with Crippen LogP contribution in [-0.2, 0) is 21.0 Å². The smallest absolute Gasteiger partial charge is 0.416 e. The number of carbonyl (C=O) groups excluding carboxylic acids is 2. The number of likely N-dealkylation sites (N-methyl/N-ethyl adjacent to an activating group) is 1. The number of rotatable bonds is 6. The van der Waals surface area contributed by atoms with Crippen molar-refractivity contribution in [2.75, 3.05) is 13.6 Å². The van der Waals surface area contributed by atoms with Crippen LogP contribution < -0.4 is 15.4 Å². The van der Waals surface area contributed by atoms with Crippen LogP contribution in [0.5, 0.6) is 11.5 Å². The molecule has 12 heteroatoms. The Morgan fingerprint density at radius 1 is 1.00 bits per heavy atom. The van der Waals surface area contributed by atoms with Gasteiger partial charge in [0.05, 0.1) is 10.5 Å². The first-order valence-corrected chi connectivity index (χ1v) is 9.94. The van der Waals surface area contributed by atoms with Crippen molar-refractivity contribution in [1.29, 1.82) is 0 Å². The number of benzene rings is 2. The lowest BCUT2D eigenvalue weighted by Crippen LogP contribution is -2.42. The molecule has 1 heterocycles. The molecule has 2 aromatic rings. The number of alkyl halides is 3. The highest BCUT2D eigenvalue weighted by Gasteiger charge is 2.33. The van der Waals surface area contributed by atoms with Crippen LogP contribution in [0.2, 0.25) is 0 Å². The molecule has 8 nitrogen and oxygen atoms in total. The van der Waals surface area contributed by atoms with Crippen molar-refractivity contribution in [3.05, 3.63) is 54.1 Å². The van der Waals surface area contributed by atoms with E-state index in [-0.39, 0.29) is 22.9 Å². The second-order valence-electron chi connectivity index (χ2n) is 6.40. The SMILES string of the molecule is CN(C[C@@H]1NC(=O)NC1=O)S(=O)(=O)c1ccc(Oc2ccc(C(F)(F)F)cc2)cc1. The van der Waals surface area contributed by atoms with Crippen LogP contribution in [0.15, 0.2) is 53.4 Å². The van der Waals surface area contributed by atoms with Crippen molar-refractivity contribution in [1.82, 2.24) is 14.9 Å². The number of amides is 3. The average Bonchev–Trinajstić information content (AvgIpc) is 2.98. The summed E-state index contributed by atoms with van der Waals surface area (Å²) in [4.78, 5) is 22.6. The summed E-state index contributed by atoms with van der Waals surface area (Å²) in [6.07, 6.45) is -4.46. The van der Waals surface area contributed by atoms with Crippen molar-refractivity contribution in [2.45, 2.75) is 17.1 Å². The highest BCUT2D eigenvalue weighted by Crippen LogP contribution is 2.31. The summed E-state index contributed by atoms with van der Waals surface area (Å²) in [6.45, 7) is -0.260. The third kappa shape index (κ3) is 4.71. The van der Waals surface area contributed by atoms with Crippen molar-refractivity contribution in [3.8, 4) is 11.5 Å². The molecule has 1 aliphatic heterocycles. The number of sulfonamides is 1. The van der Waals surface area contributed by atoms with Gasteiger partial charge in [0.15, 0.2) is 0 Å². The fraction of sp³-hybridized carbons (Fsp3) is 0.222. The van der Waals surface area contributed by atoms with E-state index in [1.165, 1.54) is 31.3 Å². The molecule has 1 atom stereocenters. The zero-order valence-corrected chi connectivity index (χ0v) is 16.3. The van der Waals surface area contributed by atoms with Gasteiger partial charge in [-0.25, -0.2) is 13.2 Å². The number of carbonyl (C=O) groups is 2. The van der Waals surface area contributed by atoms with Crippen LogP contribution in [0.1, 0.15) is 5.56 Å². The molecule has 0 saturated carbocycles. The molecule has 3 rings (SSSR count). The Morgan fingerprint density at radius 2 is 1.53 bits per heavy atom. The third-order valence-corrected chi connectivity index (χ3v) is 6.09. The van der Waals surface area contributed by atoms with Gasteiger partial charge < -0.3 is 10.1 Å². The lowest BCUT2D eigenvalue weighted by Gasteiger charge is -2.19. The number of imide groups is 1. The zero-order valence-electron chi connectivity index (χ0n) is 15.4. The zero-order chi connectivity index (χ0) is 22.1. The third-order valence-electron chi connectivity index (χ3n) is 4.25. The van der Waals surface area contributed by atoms with E-state index in [1.807, 2.05) is 5.32 Å². The maximum Gasteiger partial charge on any atom is 0.416 e. The summed E-state index contributed by atoms with van der Waals surface area (Å²) in [5.41, 5.74) is -0.813. The molecule has 160 valence electrons. The van der Waals surface area contributed by atoms with Gasteiger partial charge in [-0.2, -0.15) is 17.5 Å². The van der Waals surface area contributed by atoms with Crippen LogP contribution in [0.4, 0.5) is 18.0 Å². The van der Waals surface area contributed by atoms with E-state index in [4.69, 9.17) is 4.74 Å². The van der Waals surface area contributed by atoms with Crippen molar-refractivity contribution < 1.29 is 35.9 Å². The normalized spacial score (nSPS) is 17.0. The first-order chi connectivity index (χ1) is 14.0. The average molecular weight is 443 g/mol. The van der Waals surface area contributed by atoms with Gasteiger partial charge >= 0.3 is 12.2 Å². The Hall–Kier alpha value is -3.12. The van der Waals surface area contributed by atoms with E-state index in [9.17, 15) is 31.2 Å². The van der Waals surface area contributed by atoms with Gasteiger partial charge in [0, 0.05) is 13.6 Å². The summed E-state index contributed by atoms with van der Waals surface area (Å²) in [6, 6.07) is 7.59. The number of nitrogens with zero attached hydrogens (tertiary/aromatic N) is 1. The van der Waals surface area contributed by atoms with Gasteiger partial charge in [-0.05, 0) is 48.5 Å². The number of ether oxygens (including phenoxy) is 1. The summed E-state index contributed by atoms with van der Waals surface area (Å²) in [5, 5.41) is 4.33. The Morgan fingerprint density at radius 3 is 2.00 bits per heavy atom. The van der Waals surface area contributed by atoms with E-state index < -0.39 is 39.7 Å². The topological polar surface area (TPSA) is 105 Å². The Kier molecular flexibility index (Phi) is 5.72. The minimum absolute atomic E-state index is 0.0884. The molecule has 0 radical (unpaired) electrons. The Bertz CT molecular complexity index is 1050. The predicted octanol–water partition coefficient (Wildman–Crippen LogP) is 2.33. The molecule has 2 N–H and O–H groups in total. The van der Waals surface area contributed by atoms with Gasteiger partial charge in [-0.15, -0.1) is 0 Å². The van der Waals surface area contributed by atoms with Gasteiger partial charge in [0.25, 0.3) is 5.91 Å². The first-order valence-electron chi connectivity index (χ1n) is 8.50. The van der Waals surface area contributed by atoms with E-state index in [0.29, 0.717) is 0 Å². The van der Waals surface area contributed by atoms with Crippen LogP contribution in [0.3, 0.4) is 0 Å². The molecule has 0 unspecified atom stereocenters. The van der Waals surface area contributed by atoms with Gasteiger partial charge in [-0.1, -0.05) is 0 Å². The molecule has 2 aromatic carbocycles. The molecule has 30 heavy (non-hydrogen) atoms. The van der Waals surface area contributed by atoms with Crippen molar-refractivity contribution in [3.63, 3.8) is 0 Å². The number of urea groups is 1. The van der Waals surface area contributed by atoms with Crippen LogP contribution in [-0.4, -0.2) is 44.3 Å². The molecule has 0 aromatic heterocycles. The molecule has 0 bridgehead atoms. The minimum Gasteiger partial charge on any atom is -0.457 e. The van der Waals surface area contributed by atoms with Crippen molar-refractivity contribution >= 4 is 22.0 Å². The molecule has 0 aliphatic carbocycles. The lowest BCUT2D eigenvalue weighted by atomic mass is 10.2. The van der Waals surface area contributed by atoms with Crippen LogP contribution in [0.25, 0.3) is 0 Å². The molecule has 1 aliphatic rings. The summed E-state index contributed by atoms with van der Waals surface area (Å²) < 4.78 is 69.4. The highest BCUT2D eigenvalue weighted by atomic mass is 32.2. The minimum atomic E-state index is -4.46. The van der Waals surface area contributed by atoms with Gasteiger partial charge in [0.1, 0.15) is 17.5 Å². The number of halogens is 3. The highest BCUT2D eigenvalue weighted by molar-refractivity contribution is 7.89. The lowest BCUT2D eigenvalue weighted by molar-refractivity contribution is -0.137. The number of hydrogen-bond donors (Lipinski definition) is 2.